The molecule has 19 heavy (non-hydrogen) atoms. The van der Waals surface area contributed by atoms with Gasteiger partial charge >= 0.3 is 0 Å². The standard InChI is InChI=1S/C15H20N2O2/c1-3-8-18-13-7-5-6-12(9-13)15-14(10-16-4-2)17-11-19-15/h5-7,9,11,16H,3-4,8,10H2,1-2H3. The summed E-state index contributed by atoms with van der Waals surface area (Å²) >= 11 is 0. The maximum atomic E-state index is 5.64. The van der Waals surface area contributed by atoms with E-state index in [1.807, 2.05) is 24.3 Å². The summed E-state index contributed by atoms with van der Waals surface area (Å²) in [6.07, 6.45) is 2.49. The molecule has 4 nitrogen and oxygen atoms in total. The molecule has 0 fully saturated rings. The molecule has 1 N–H and O–H groups in total. The molecule has 0 aliphatic heterocycles. The summed E-state index contributed by atoms with van der Waals surface area (Å²) in [7, 11) is 0. The zero-order chi connectivity index (χ0) is 13.5. The van der Waals surface area contributed by atoms with Gasteiger partial charge in [0.15, 0.2) is 12.2 Å². The first-order valence-electron chi connectivity index (χ1n) is 6.71. The van der Waals surface area contributed by atoms with E-state index in [4.69, 9.17) is 9.15 Å². The van der Waals surface area contributed by atoms with Crippen LogP contribution in [0.1, 0.15) is 26.0 Å². The van der Waals surface area contributed by atoms with E-state index in [1.54, 1.807) is 0 Å². The predicted molar refractivity (Wildman–Crippen MR) is 75.1 cm³/mol. The van der Waals surface area contributed by atoms with Gasteiger partial charge in [-0.05, 0) is 25.1 Å². The topological polar surface area (TPSA) is 47.3 Å². The van der Waals surface area contributed by atoms with Gasteiger partial charge < -0.3 is 14.5 Å². The van der Waals surface area contributed by atoms with Gasteiger partial charge in [0.1, 0.15) is 11.4 Å². The molecule has 0 spiro atoms. The third kappa shape index (κ3) is 3.58. The largest absolute Gasteiger partial charge is 0.494 e. The Morgan fingerprint density at radius 3 is 3.00 bits per heavy atom. The first-order valence-corrected chi connectivity index (χ1v) is 6.71. The molecule has 0 radical (unpaired) electrons. The monoisotopic (exact) mass is 260 g/mol. The van der Waals surface area contributed by atoms with Gasteiger partial charge in [0.2, 0.25) is 0 Å². The first kappa shape index (κ1) is 13.6. The molecule has 0 amide bonds. The predicted octanol–water partition coefficient (Wildman–Crippen LogP) is 3.24. The highest BCUT2D eigenvalue weighted by atomic mass is 16.5. The van der Waals surface area contributed by atoms with E-state index < -0.39 is 0 Å². The highest BCUT2D eigenvalue weighted by molar-refractivity contribution is 5.61. The number of rotatable bonds is 7. The van der Waals surface area contributed by atoms with Gasteiger partial charge in [-0.25, -0.2) is 4.98 Å². The van der Waals surface area contributed by atoms with Crippen LogP contribution in [-0.2, 0) is 6.54 Å². The third-order valence-electron chi connectivity index (χ3n) is 2.75. The van der Waals surface area contributed by atoms with Gasteiger partial charge in [-0.2, -0.15) is 0 Å². The van der Waals surface area contributed by atoms with Crippen molar-refractivity contribution in [2.24, 2.45) is 0 Å². The van der Waals surface area contributed by atoms with E-state index in [0.29, 0.717) is 6.54 Å². The lowest BCUT2D eigenvalue weighted by Crippen LogP contribution is -2.12. The minimum atomic E-state index is 0.711. The average Bonchev–Trinajstić information content (AvgIpc) is 2.91. The van der Waals surface area contributed by atoms with Crippen LogP contribution in [0.3, 0.4) is 0 Å². The summed E-state index contributed by atoms with van der Waals surface area (Å²) in [6.45, 7) is 6.51. The Balaban J connectivity index is 2.18. The van der Waals surface area contributed by atoms with Gasteiger partial charge in [-0.1, -0.05) is 26.0 Å². The second-order valence-electron chi connectivity index (χ2n) is 4.28. The van der Waals surface area contributed by atoms with Crippen molar-refractivity contribution in [3.8, 4) is 17.1 Å². The highest BCUT2D eigenvalue weighted by Crippen LogP contribution is 2.26. The Morgan fingerprint density at radius 1 is 1.32 bits per heavy atom. The Hall–Kier alpha value is -1.81. The van der Waals surface area contributed by atoms with Crippen molar-refractivity contribution in [2.75, 3.05) is 13.2 Å². The van der Waals surface area contributed by atoms with Gasteiger partial charge in [0, 0.05) is 12.1 Å². The van der Waals surface area contributed by atoms with E-state index in [2.05, 4.69) is 24.1 Å². The molecular formula is C15H20N2O2. The summed E-state index contributed by atoms with van der Waals surface area (Å²) in [6, 6.07) is 7.93. The quantitative estimate of drug-likeness (QED) is 0.830. The number of oxazole rings is 1. The van der Waals surface area contributed by atoms with Crippen LogP contribution < -0.4 is 10.1 Å². The normalized spacial score (nSPS) is 10.6. The van der Waals surface area contributed by atoms with E-state index in [1.165, 1.54) is 6.39 Å². The number of aromatic nitrogens is 1. The smallest absolute Gasteiger partial charge is 0.181 e. The van der Waals surface area contributed by atoms with E-state index in [0.717, 1.165) is 42.3 Å². The molecule has 2 rings (SSSR count). The van der Waals surface area contributed by atoms with Gasteiger partial charge in [0.25, 0.3) is 0 Å². The van der Waals surface area contributed by atoms with Crippen molar-refractivity contribution < 1.29 is 9.15 Å². The lowest BCUT2D eigenvalue weighted by Gasteiger charge is -2.06. The fraction of sp³-hybridized carbons (Fsp3) is 0.400. The van der Waals surface area contributed by atoms with Crippen molar-refractivity contribution in [1.29, 1.82) is 0 Å². The highest BCUT2D eigenvalue weighted by Gasteiger charge is 2.10. The molecule has 1 aromatic carbocycles. The van der Waals surface area contributed by atoms with Crippen LogP contribution >= 0.6 is 0 Å². The Morgan fingerprint density at radius 2 is 2.21 bits per heavy atom. The van der Waals surface area contributed by atoms with Gasteiger partial charge in [-0.3, -0.25) is 0 Å². The van der Waals surface area contributed by atoms with Gasteiger partial charge in [0.05, 0.1) is 6.61 Å². The van der Waals surface area contributed by atoms with Crippen molar-refractivity contribution in [3.05, 3.63) is 36.4 Å². The van der Waals surface area contributed by atoms with Crippen LogP contribution in [0.15, 0.2) is 35.1 Å². The number of nitrogens with zero attached hydrogens (tertiary/aromatic N) is 1. The van der Waals surface area contributed by atoms with Crippen molar-refractivity contribution in [3.63, 3.8) is 0 Å². The molecular weight excluding hydrogens is 240 g/mol. The van der Waals surface area contributed by atoms with Crippen LogP contribution in [0.4, 0.5) is 0 Å². The van der Waals surface area contributed by atoms with Crippen molar-refractivity contribution in [2.45, 2.75) is 26.8 Å². The molecule has 2 aromatic rings. The second-order valence-corrected chi connectivity index (χ2v) is 4.28. The molecule has 0 bridgehead atoms. The number of benzene rings is 1. The van der Waals surface area contributed by atoms with Crippen molar-refractivity contribution >= 4 is 0 Å². The zero-order valence-electron chi connectivity index (χ0n) is 11.5. The minimum absolute atomic E-state index is 0.711. The number of ether oxygens (including phenoxy) is 1. The third-order valence-corrected chi connectivity index (χ3v) is 2.75. The number of hydrogen-bond donors (Lipinski definition) is 1. The molecule has 4 heteroatoms. The lowest BCUT2D eigenvalue weighted by molar-refractivity contribution is 0.317. The van der Waals surface area contributed by atoms with E-state index in [-0.39, 0.29) is 0 Å². The summed E-state index contributed by atoms with van der Waals surface area (Å²) in [5.74, 6) is 1.67. The zero-order valence-corrected chi connectivity index (χ0v) is 11.5. The number of nitrogens with one attached hydrogen (secondary N) is 1. The molecule has 1 aromatic heterocycles. The fourth-order valence-corrected chi connectivity index (χ4v) is 1.82. The Labute approximate surface area is 113 Å². The Kier molecular flexibility index (Phi) is 4.98. The molecule has 0 aliphatic carbocycles. The SMILES string of the molecule is CCCOc1cccc(-c2ocnc2CNCC)c1. The average molecular weight is 260 g/mol. The van der Waals surface area contributed by atoms with Gasteiger partial charge in [-0.15, -0.1) is 0 Å². The molecule has 1 heterocycles. The fourth-order valence-electron chi connectivity index (χ4n) is 1.82. The van der Waals surface area contributed by atoms with E-state index in [9.17, 15) is 0 Å². The Bertz CT molecular complexity index is 508. The first-order chi connectivity index (χ1) is 9.35. The second kappa shape index (κ2) is 6.95. The summed E-state index contributed by atoms with van der Waals surface area (Å²) < 4.78 is 11.1. The van der Waals surface area contributed by atoms with Crippen molar-refractivity contribution in [1.82, 2.24) is 10.3 Å². The van der Waals surface area contributed by atoms with Crippen LogP contribution in [0, 0.1) is 0 Å². The molecule has 0 atom stereocenters. The lowest BCUT2D eigenvalue weighted by atomic mass is 10.1. The molecule has 0 unspecified atom stereocenters. The van der Waals surface area contributed by atoms with Crippen LogP contribution in [-0.4, -0.2) is 18.1 Å². The summed E-state index contributed by atoms with van der Waals surface area (Å²) in [5.41, 5.74) is 1.92. The van der Waals surface area contributed by atoms with Crippen LogP contribution in [0.5, 0.6) is 5.75 Å². The minimum Gasteiger partial charge on any atom is -0.494 e. The maximum absolute atomic E-state index is 5.64. The molecule has 0 aliphatic rings. The molecule has 102 valence electrons. The molecule has 0 saturated carbocycles. The summed E-state index contributed by atoms with van der Waals surface area (Å²) in [5, 5.41) is 3.26. The van der Waals surface area contributed by atoms with Crippen LogP contribution in [0.2, 0.25) is 0 Å². The van der Waals surface area contributed by atoms with Crippen LogP contribution in [0.25, 0.3) is 11.3 Å². The van der Waals surface area contributed by atoms with E-state index >= 15 is 0 Å². The molecule has 0 saturated heterocycles. The number of hydrogen-bond acceptors (Lipinski definition) is 4. The maximum Gasteiger partial charge on any atom is 0.181 e. The summed E-state index contributed by atoms with van der Waals surface area (Å²) in [4.78, 5) is 4.25.